The van der Waals surface area contributed by atoms with Crippen LogP contribution >= 0.6 is 0 Å². The van der Waals surface area contributed by atoms with Crippen LogP contribution in [0.3, 0.4) is 0 Å². The fraction of sp³-hybridized carbons (Fsp3) is 0.765. The third-order valence-corrected chi connectivity index (χ3v) is 6.54. The van der Waals surface area contributed by atoms with Gasteiger partial charge < -0.3 is 10.2 Å². The molecule has 1 fully saturated rings. The fourth-order valence-corrected chi connectivity index (χ4v) is 5.15. The highest BCUT2D eigenvalue weighted by molar-refractivity contribution is 7.91. The van der Waals surface area contributed by atoms with E-state index >= 15 is 0 Å². The Morgan fingerprint density at radius 1 is 1.33 bits per heavy atom. The molecule has 6 nitrogen and oxygen atoms in total. The summed E-state index contributed by atoms with van der Waals surface area (Å²) in [5.74, 6) is -0.110. The van der Waals surface area contributed by atoms with Crippen molar-refractivity contribution in [2.75, 3.05) is 24.6 Å². The largest absolute Gasteiger partial charge is 0.356 e. The van der Waals surface area contributed by atoms with Crippen LogP contribution in [-0.4, -0.2) is 55.8 Å². The number of hydrogen-bond donors (Lipinski definition) is 1. The zero-order valence-electron chi connectivity index (χ0n) is 14.4. The van der Waals surface area contributed by atoms with Gasteiger partial charge in [0.1, 0.15) is 0 Å². The molecule has 2 rings (SSSR count). The lowest BCUT2D eigenvalue weighted by atomic mass is 9.97. The Hall–Kier alpha value is -1.37. The van der Waals surface area contributed by atoms with Crippen molar-refractivity contribution >= 4 is 21.7 Å². The van der Waals surface area contributed by atoms with Crippen molar-refractivity contribution in [3.05, 3.63) is 11.6 Å². The Kier molecular flexibility index (Phi) is 6.83. The van der Waals surface area contributed by atoms with Gasteiger partial charge in [-0.05, 0) is 38.5 Å². The van der Waals surface area contributed by atoms with E-state index in [0.717, 1.165) is 19.3 Å². The van der Waals surface area contributed by atoms with Crippen molar-refractivity contribution in [2.24, 2.45) is 0 Å². The normalized spacial score (nSPS) is 22.7. The van der Waals surface area contributed by atoms with Crippen LogP contribution in [0.2, 0.25) is 0 Å². The van der Waals surface area contributed by atoms with Gasteiger partial charge in [-0.3, -0.25) is 9.59 Å². The molecule has 2 aliphatic rings. The molecule has 2 amide bonds. The third kappa shape index (κ3) is 5.92. The van der Waals surface area contributed by atoms with Crippen molar-refractivity contribution < 1.29 is 18.0 Å². The van der Waals surface area contributed by atoms with Gasteiger partial charge in [-0.2, -0.15) is 0 Å². The topological polar surface area (TPSA) is 83.6 Å². The summed E-state index contributed by atoms with van der Waals surface area (Å²) < 4.78 is 23.2. The zero-order valence-corrected chi connectivity index (χ0v) is 15.2. The molecule has 0 spiro atoms. The van der Waals surface area contributed by atoms with Crippen LogP contribution in [0.25, 0.3) is 0 Å². The maximum atomic E-state index is 12.0. The minimum Gasteiger partial charge on any atom is -0.356 e. The summed E-state index contributed by atoms with van der Waals surface area (Å²) in [6, 6.07) is -0.285. The molecular weight excluding hydrogens is 328 g/mol. The Balaban J connectivity index is 1.72. The van der Waals surface area contributed by atoms with E-state index in [2.05, 4.69) is 11.4 Å². The van der Waals surface area contributed by atoms with E-state index in [-0.39, 0.29) is 42.3 Å². The first kappa shape index (κ1) is 19.0. The van der Waals surface area contributed by atoms with Crippen molar-refractivity contribution in [1.29, 1.82) is 0 Å². The summed E-state index contributed by atoms with van der Waals surface area (Å²) in [6.07, 6.45) is 8.61. The van der Waals surface area contributed by atoms with Crippen LogP contribution in [0, 0.1) is 0 Å². The number of nitrogens with zero attached hydrogens (tertiary/aromatic N) is 1. The highest BCUT2D eigenvalue weighted by Crippen LogP contribution is 2.20. The summed E-state index contributed by atoms with van der Waals surface area (Å²) in [4.78, 5) is 25.3. The molecule has 1 N–H and O–H groups in total. The van der Waals surface area contributed by atoms with Crippen molar-refractivity contribution in [2.45, 2.75) is 57.9 Å². The number of carbonyl (C=O) groups is 2. The van der Waals surface area contributed by atoms with E-state index in [4.69, 9.17) is 0 Å². The Bertz CT molecular complexity index is 598. The molecule has 0 aromatic carbocycles. The predicted octanol–water partition coefficient (Wildman–Crippen LogP) is 1.42. The minimum absolute atomic E-state index is 0.0162. The standard InChI is InChI=1S/C17H28N2O4S/c1-14(20)19(16-9-12-24(22,23)13-16)11-8-17(21)18-10-7-15-5-3-2-4-6-15/h5,16H,2-4,6-13H2,1H3,(H,18,21). The van der Waals surface area contributed by atoms with Gasteiger partial charge in [0.25, 0.3) is 0 Å². The van der Waals surface area contributed by atoms with Gasteiger partial charge in [0, 0.05) is 32.5 Å². The third-order valence-electron chi connectivity index (χ3n) is 4.79. The van der Waals surface area contributed by atoms with E-state index < -0.39 is 9.84 Å². The zero-order chi connectivity index (χ0) is 17.6. The molecule has 1 unspecified atom stereocenters. The van der Waals surface area contributed by atoms with Crippen molar-refractivity contribution in [3.8, 4) is 0 Å². The summed E-state index contributed by atoms with van der Waals surface area (Å²) in [7, 11) is -3.04. The number of allylic oxidation sites excluding steroid dienone is 1. The van der Waals surface area contributed by atoms with E-state index in [0.29, 0.717) is 13.0 Å². The maximum absolute atomic E-state index is 12.0. The number of hydrogen-bond acceptors (Lipinski definition) is 4. The summed E-state index contributed by atoms with van der Waals surface area (Å²) in [6.45, 7) is 2.34. The molecule has 0 bridgehead atoms. The highest BCUT2D eigenvalue weighted by atomic mass is 32.2. The lowest BCUT2D eigenvalue weighted by Crippen LogP contribution is -2.42. The number of amides is 2. The molecule has 0 aromatic heterocycles. The summed E-state index contributed by atoms with van der Waals surface area (Å²) in [5, 5.41) is 2.90. The lowest BCUT2D eigenvalue weighted by molar-refractivity contribution is -0.131. The van der Waals surface area contributed by atoms with Gasteiger partial charge in [0.05, 0.1) is 11.5 Å². The summed E-state index contributed by atoms with van der Waals surface area (Å²) in [5.41, 5.74) is 1.42. The van der Waals surface area contributed by atoms with Gasteiger partial charge >= 0.3 is 0 Å². The molecule has 0 saturated carbocycles. The molecule has 136 valence electrons. The first-order chi connectivity index (χ1) is 11.4. The SMILES string of the molecule is CC(=O)N(CCC(=O)NCCC1=CCCCC1)C1CCS(=O)(=O)C1. The van der Waals surface area contributed by atoms with Crippen LogP contribution < -0.4 is 5.32 Å². The Morgan fingerprint density at radius 2 is 2.12 bits per heavy atom. The van der Waals surface area contributed by atoms with Crippen LogP contribution in [0.5, 0.6) is 0 Å². The Morgan fingerprint density at radius 3 is 2.71 bits per heavy atom. The van der Waals surface area contributed by atoms with Crippen LogP contribution in [-0.2, 0) is 19.4 Å². The first-order valence-corrected chi connectivity index (χ1v) is 10.6. The monoisotopic (exact) mass is 356 g/mol. The molecule has 7 heteroatoms. The van der Waals surface area contributed by atoms with E-state index in [9.17, 15) is 18.0 Å². The second-order valence-electron chi connectivity index (χ2n) is 6.73. The van der Waals surface area contributed by atoms with E-state index in [1.165, 1.54) is 30.2 Å². The van der Waals surface area contributed by atoms with Crippen LogP contribution in [0.1, 0.15) is 51.9 Å². The quantitative estimate of drug-likeness (QED) is 0.699. The van der Waals surface area contributed by atoms with Crippen molar-refractivity contribution in [3.63, 3.8) is 0 Å². The average molecular weight is 356 g/mol. The number of sulfone groups is 1. The fourth-order valence-electron chi connectivity index (χ4n) is 3.42. The summed E-state index contributed by atoms with van der Waals surface area (Å²) >= 11 is 0. The molecule has 1 aliphatic heterocycles. The second kappa shape index (κ2) is 8.65. The average Bonchev–Trinajstić information content (AvgIpc) is 2.88. The smallest absolute Gasteiger partial charge is 0.221 e. The minimum atomic E-state index is -3.04. The molecular formula is C17H28N2O4S. The van der Waals surface area contributed by atoms with Gasteiger partial charge in [-0.1, -0.05) is 11.6 Å². The van der Waals surface area contributed by atoms with Gasteiger partial charge in [-0.15, -0.1) is 0 Å². The molecule has 1 atom stereocenters. The molecule has 0 radical (unpaired) electrons. The number of nitrogens with one attached hydrogen (secondary N) is 1. The van der Waals surface area contributed by atoms with Crippen LogP contribution in [0.15, 0.2) is 11.6 Å². The predicted molar refractivity (Wildman–Crippen MR) is 93.2 cm³/mol. The molecule has 1 heterocycles. The molecule has 0 aromatic rings. The van der Waals surface area contributed by atoms with Gasteiger partial charge in [-0.25, -0.2) is 8.42 Å². The molecule has 1 aliphatic carbocycles. The lowest BCUT2D eigenvalue weighted by Gasteiger charge is -2.26. The van der Waals surface area contributed by atoms with Gasteiger partial charge in [0.15, 0.2) is 9.84 Å². The number of carbonyl (C=O) groups excluding carboxylic acids is 2. The van der Waals surface area contributed by atoms with Crippen molar-refractivity contribution in [1.82, 2.24) is 10.2 Å². The maximum Gasteiger partial charge on any atom is 0.221 e. The first-order valence-electron chi connectivity index (χ1n) is 8.79. The van der Waals surface area contributed by atoms with E-state index in [1.54, 1.807) is 0 Å². The molecule has 24 heavy (non-hydrogen) atoms. The highest BCUT2D eigenvalue weighted by Gasteiger charge is 2.33. The van der Waals surface area contributed by atoms with E-state index in [1.807, 2.05) is 0 Å². The Labute approximate surface area is 144 Å². The van der Waals surface area contributed by atoms with Crippen LogP contribution in [0.4, 0.5) is 0 Å². The van der Waals surface area contributed by atoms with Gasteiger partial charge in [0.2, 0.25) is 11.8 Å². The molecule has 1 saturated heterocycles. The number of rotatable bonds is 7. The second-order valence-corrected chi connectivity index (χ2v) is 8.96.